The largest absolute Gasteiger partial charge is 0.471 e. The molecule has 1 amide bonds. The number of rotatable bonds is 10. The van der Waals surface area contributed by atoms with E-state index in [-0.39, 0.29) is 50.0 Å². The SMILES string of the molecule is COC(=O)Cl.COC(=O)N1CC(Oc2cc(NC3CCC(F)(F)CC3)nc(-c3nc(C)cs3)n2)C1.Cc1csc(-c2nc(NC3CCC(F)(F)CC3)cc(OC3CNC3)n2)n1. The number of ether oxygens (including phenoxy) is 4. The molecule has 0 unspecified atom stereocenters. The van der Waals surface area contributed by atoms with Gasteiger partial charge in [0.15, 0.2) is 21.7 Å². The second-order valence-electron chi connectivity index (χ2n) is 14.9. The molecule has 2 aliphatic carbocycles. The molecule has 0 atom stereocenters. The summed E-state index contributed by atoms with van der Waals surface area (Å²) in [5.74, 6) is -2.27. The summed E-state index contributed by atoms with van der Waals surface area (Å²) in [6, 6.07) is 3.30. The van der Waals surface area contributed by atoms with E-state index in [0.717, 1.165) is 29.5 Å². The smallest absolute Gasteiger partial charge is 0.409 e. The van der Waals surface area contributed by atoms with Gasteiger partial charge in [-0.2, -0.15) is 9.97 Å². The maximum Gasteiger partial charge on any atom is 0.409 e. The van der Waals surface area contributed by atoms with Gasteiger partial charge in [0, 0.05) is 96.7 Å². The molecular formula is C38H47ClF4N10O6S2. The van der Waals surface area contributed by atoms with Crippen LogP contribution in [-0.2, 0) is 9.47 Å². The molecule has 4 fully saturated rings. The number of hydrogen-bond acceptors (Lipinski definition) is 17. The van der Waals surface area contributed by atoms with Gasteiger partial charge in [-0.1, -0.05) is 0 Å². The van der Waals surface area contributed by atoms with Crippen molar-refractivity contribution in [1.82, 2.24) is 40.1 Å². The Hall–Kier alpha value is -4.67. The van der Waals surface area contributed by atoms with Crippen LogP contribution >= 0.6 is 34.3 Å². The minimum absolute atomic E-state index is 0.0198. The van der Waals surface area contributed by atoms with Gasteiger partial charge in [0.05, 0.1) is 27.3 Å². The molecule has 4 aliphatic rings. The number of carbonyl (C=O) groups excluding carboxylic acids is 2. The third kappa shape index (κ3) is 13.7. The number of likely N-dealkylation sites (tertiary alicyclic amines) is 1. The topological polar surface area (TPSA) is 188 Å². The Morgan fingerprint density at radius 1 is 0.721 bits per heavy atom. The van der Waals surface area contributed by atoms with Gasteiger partial charge in [0.2, 0.25) is 23.6 Å². The highest BCUT2D eigenvalue weighted by Crippen LogP contribution is 2.36. The highest BCUT2D eigenvalue weighted by molar-refractivity contribution is 7.13. The summed E-state index contributed by atoms with van der Waals surface area (Å²) in [5.41, 5.74) is 0.999. The van der Waals surface area contributed by atoms with Crippen LogP contribution in [0.3, 0.4) is 0 Å². The molecule has 0 radical (unpaired) electrons. The number of methoxy groups -OCH3 is 2. The monoisotopic (exact) mass is 914 g/mol. The highest BCUT2D eigenvalue weighted by Gasteiger charge is 2.37. The fraction of sp³-hybridized carbons (Fsp3) is 0.579. The number of carbonyl (C=O) groups is 2. The van der Waals surface area contributed by atoms with Crippen LogP contribution in [0.25, 0.3) is 21.7 Å². The van der Waals surface area contributed by atoms with E-state index < -0.39 is 23.4 Å². The lowest BCUT2D eigenvalue weighted by molar-refractivity contribution is -0.0366. The summed E-state index contributed by atoms with van der Waals surface area (Å²) in [5, 5.41) is 14.9. The lowest BCUT2D eigenvalue weighted by atomic mass is 9.92. The Balaban J connectivity index is 0.000000185. The summed E-state index contributed by atoms with van der Waals surface area (Å²) < 4.78 is 74.0. The summed E-state index contributed by atoms with van der Waals surface area (Å²) in [6.07, 6.45) is 0.626. The predicted octanol–water partition coefficient (Wildman–Crippen LogP) is 7.97. The zero-order chi connectivity index (χ0) is 43.7. The maximum absolute atomic E-state index is 13.5. The third-order valence-electron chi connectivity index (χ3n) is 9.92. The van der Waals surface area contributed by atoms with Crippen molar-refractivity contribution in [2.24, 2.45) is 0 Å². The Morgan fingerprint density at radius 3 is 1.49 bits per heavy atom. The third-order valence-corrected chi connectivity index (χ3v) is 12.0. The summed E-state index contributed by atoms with van der Waals surface area (Å²) in [7, 11) is 2.55. The van der Waals surface area contributed by atoms with E-state index in [9.17, 15) is 27.2 Å². The van der Waals surface area contributed by atoms with Crippen molar-refractivity contribution in [2.45, 2.75) is 101 Å². The number of anilines is 2. The molecule has 0 aromatic carbocycles. The first-order chi connectivity index (χ1) is 29.0. The van der Waals surface area contributed by atoms with Gasteiger partial charge >= 0.3 is 11.5 Å². The molecule has 0 bridgehead atoms. The van der Waals surface area contributed by atoms with Gasteiger partial charge in [-0.3, -0.25) is 0 Å². The summed E-state index contributed by atoms with van der Waals surface area (Å²) in [6.45, 7) is 6.19. The number of aryl methyl sites for hydroxylation is 2. The van der Waals surface area contributed by atoms with Crippen LogP contribution < -0.4 is 25.4 Å². The molecule has 2 saturated heterocycles. The minimum Gasteiger partial charge on any atom is -0.471 e. The predicted molar refractivity (Wildman–Crippen MR) is 221 cm³/mol. The zero-order valence-electron chi connectivity index (χ0n) is 33.9. The second-order valence-corrected chi connectivity index (χ2v) is 16.9. The van der Waals surface area contributed by atoms with Crippen molar-refractivity contribution in [3.8, 4) is 33.4 Å². The van der Waals surface area contributed by atoms with Gasteiger partial charge in [-0.05, 0) is 39.5 Å². The molecule has 3 N–H and O–H groups in total. The molecule has 16 nitrogen and oxygen atoms in total. The summed E-state index contributed by atoms with van der Waals surface area (Å²) >= 11 is 7.50. The van der Waals surface area contributed by atoms with Crippen molar-refractivity contribution in [1.29, 1.82) is 0 Å². The van der Waals surface area contributed by atoms with Crippen LogP contribution in [-0.4, -0.2) is 123 Å². The number of alkyl halides is 4. The molecule has 2 saturated carbocycles. The van der Waals surface area contributed by atoms with Crippen LogP contribution in [0.5, 0.6) is 11.8 Å². The number of thiazole rings is 2. The number of aromatic nitrogens is 6. The van der Waals surface area contributed by atoms with Gasteiger partial charge in [-0.15, -0.1) is 22.7 Å². The minimum atomic E-state index is -2.59. The number of nitrogens with one attached hydrogen (secondary N) is 3. The van der Waals surface area contributed by atoms with E-state index in [2.05, 4.69) is 66.9 Å². The van der Waals surface area contributed by atoms with Crippen molar-refractivity contribution in [2.75, 3.05) is 51.0 Å². The van der Waals surface area contributed by atoms with E-state index in [4.69, 9.17) is 9.47 Å². The first-order valence-corrected chi connectivity index (χ1v) is 21.7. The first kappa shape index (κ1) is 45.8. The van der Waals surface area contributed by atoms with Crippen molar-refractivity contribution in [3.05, 3.63) is 34.3 Å². The second kappa shape index (κ2) is 20.5. The fourth-order valence-corrected chi connectivity index (χ4v) is 7.94. The fourth-order valence-electron chi connectivity index (χ4n) is 6.49. The molecule has 6 heterocycles. The maximum atomic E-state index is 13.5. The quantitative estimate of drug-likeness (QED) is 0.103. The Morgan fingerprint density at radius 2 is 1.15 bits per heavy atom. The van der Waals surface area contributed by atoms with E-state index in [1.165, 1.54) is 41.8 Å². The van der Waals surface area contributed by atoms with Crippen LogP contribution in [0.4, 0.5) is 38.8 Å². The van der Waals surface area contributed by atoms with Crippen LogP contribution in [0.15, 0.2) is 22.9 Å². The molecule has 23 heteroatoms. The Labute approximate surface area is 362 Å². The highest BCUT2D eigenvalue weighted by atomic mass is 35.5. The van der Waals surface area contributed by atoms with Gasteiger partial charge < -0.3 is 39.8 Å². The number of nitrogens with zero attached hydrogens (tertiary/aromatic N) is 7. The molecule has 8 rings (SSSR count). The molecule has 61 heavy (non-hydrogen) atoms. The Bertz CT molecular complexity index is 2090. The van der Waals surface area contributed by atoms with E-state index >= 15 is 0 Å². The van der Waals surface area contributed by atoms with Crippen LogP contribution in [0, 0.1) is 13.8 Å². The molecule has 2 aliphatic heterocycles. The lowest BCUT2D eigenvalue weighted by Crippen LogP contribution is -2.56. The first-order valence-electron chi connectivity index (χ1n) is 19.6. The summed E-state index contributed by atoms with van der Waals surface area (Å²) in [4.78, 5) is 49.3. The standard InChI is InChI=1S/C19H23F2N5O3S.C17H21F2N5OS.C2H3ClO2/c1-11-10-30-17(22-11)16-24-14(23-12-3-5-19(20,21)6-4-12)7-15(25-16)29-13-8-26(9-13)18(27)28-2;1-10-9-26-16(21-10)15-23-13(6-14(24-15)25-12-7-20-8-12)22-11-2-4-17(18,19)5-3-11;1-5-2(3)4/h7,10,12-13H,3-6,8-9H2,1-2H3,(H,23,24,25);6,9,11-12,20H,2-5,7-8H2,1H3,(H,22,23,24);1H3. The number of halogens is 5. The van der Waals surface area contributed by atoms with Crippen LogP contribution in [0.1, 0.15) is 62.8 Å². The average molecular weight is 915 g/mol. The molecule has 0 spiro atoms. The Kier molecular flexibility index (Phi) is 15.4. The number of amides is 1. The van der Waals surface area contributed by atoms with Gasteiger partial charge in [0.1, 0.15) is 23.8 Å². The lowest BCUT2D eigenvalue weighted by Gasteiger charge is -2.37. The van der Waals surface area contributed by atoms with Gasteiger partial charge in [-0.25, -0.2) is 47.1 Å². The molecular weight excluding hydrogens is 868 g/mol. The van der Waals surface area contributed by atoms with Crippen molar-refractivity contribution in [3.63, 3.8) is 0 Å². The molecule has 4 aromatic heterocycles. The normalized spacial score (nSPS) is 18.8. The molecule has 332 valence electrons. The van der Waals surface area contributed by atoms with Gasteiger partial charge in [0.25, 0.3) is 0 Å². The van der Waals surface area contributed by atoms with E-state index in [0.29, 0.717) is 78.8 Å². The van der Waals surface area contributed by atoms with Crippen molar-refractivity contribution >= 4 is 57.4 Å². The number of hydrogen-bond donors (Lipinski definition) is 3. The van der Waals surface area contributed by atoms with E-state index in [1.54, 1.807) is 12.1 Å². The zero-order valence-corrected chi connectivity index (χ0v) is 36.3. The van der Waals surface area contributed by atoms with Crippen molar-refractivity contribution < 1.29 is 46.1 Å². The molecule has 4 aromatic rings. The van der Waals surface area contributed by atoms with E-state index in [1.807, 2.05) is 24.6 Å². The van der Waals surface area contributed by atoms with Crippen LogP contribution in [0.2, 0.25) is 0 Å². The average Bonchev–Trinajstić information content (AvgIpc) is 3.84.